The van der Waals surface area contributed by atoms with Gasteiger partial charge in [0.2, 0.25) is 0 Å². The number of fused-ring (bicyclic) bond motifs is 7. The average molecular weight is 840 g/mol. The van der Waals surface area contributed by atoms with E-state index in [2.05, 4.69) is 213 Å². The molecule has 2 atom stereocenters. The highest BCUT2D eigenvalue weighted by atomic mass is 15.1. The van der Waals surface area contributed by atoms with Gasteiger partial charge in [-0.05, 0) is 170 Å². The van der Waals surface area contributed by atoms with E-state index in [9.17, 15) is 0 Å². The van der Waals surface area contributed by atoms with E-state index in [0.29, 0.717) is 0 Å². The zero-order valence-corrected chi connectivity index (χ0v) is 37.8. The van der Waals surface area contributed by atoms with Gasteiger partial charge < -0.3 is 4.90 Å². The Morgan fingerprint density at radius 1 is 0.446 bits per heavy atom. The maximum atomic E-state index is 2.50. The summed E-state index contributed by atoms with van der Waals surface area (Å²) in [5.74, 6) is 2.89. The summed E-state index contributed by atoms with van der Waals surface area (Å²) >= 11 is 0. The van der Waals surface area contributed by atoms with Crippen LogP contribution >= 0.6 is 0 Å². The molecule has 1 heteroatoms. The van der Waals surface area contributed by atoms with Gasteiger partial charge in [0.1, 0.15) is 0 Å². The minimum Gasteiger partial charge on any atom is -0.310 e. The van der Waals surface area contributed by atoms with Crippen molar-refractivity contribution in [1.82, 2.24) is 0 Å². The summed E-state index contributed by atoms with van der Waals surface area (Å²) in [7, 11) is 0. The monoisotopic (exact) mass is 839 g/mol. The van der Waals surface area contributed by atoms with Gasteiger partial charge in [-0.25, -0.2) is 0 Å². The molecule has 2 fully saturated rings. The van der Waals surface area contributed by atoms with E-state index < -0.39 is 0 Å². The van der Waals surface area contributed by atoms with Crippen LogP contribution in [0.4, 0.5) is 17.1 Å². The lowest BCUT2D eigenvalue weighted by Gasteiger charge is -2.39. The van der Waals surface area contributed by atoms with Gasteiger partial charge in [-0.2, -0.15) is 0 Å². The molecule has 3 aliphatic carbocycles. The molecule has 0 aliphatic heterocycles. The van der Waals surface area contributed by atoms with E-state index in [0.717, 1.165) is 34.8 Å². The third-order valence-electron chi connectivity index (χ3n) is 15.7. The molecule has 1 nitrogen and oxygen atoms in total. The normalized spacial score (nSPS) is 18.3. The van der Waals surface area contributed by atoms with E-state index in [1.54, 1.807) is 0 Å². The van der Waals surface area contributed by atoms with E-state index in [1.807, 2.05) is 0 Å². The van der Waals surface area contributed by atoms with Crippen LogP contribution in [-0.2, 0) is 11.8 Å². The van der Waals surface area contributed by atoms with Gasteiger partial charge in [-0.15, -0.1) is 0 Å². The zero-order chi connectivity index (χ0) is 43.5. The Bertz CT molecular complexity index is 3190. The fourth-order valence-electron chi connectivity index (χ4n) is 12.4. The van der Waals surface area contributed by atoms with Crippen molar-refractivity contribution < 1.29 is 0 Å². The van der Waals surface area contributed by atoms with Crippen molar-refractivity contribution in [1.29, 1.82) is 0 Å². The Morgan fingerprint density at radius 3 is 1.92 bits per heavy atom. The third-order valence-corrected chi connectivity index (χ3v) is 15.7. The first-order valence-corrected chi connectivity index (χ1v) is 24.3. The second kappa shape index (κ2) is 16.4. The van der Waals surface area contributed by atoms with E-state index in [-0.39, 0.29) is 5.41 Å². The van der Waals surface area contributed by atoms with Crippen LogP contribution < -0.4 is 4.90 Å². The van der Waals surface area contributed by atoms with Crippen molar-refractivity contribution in [2.24, 2.45) is 17.8 Å². The smallest absolute Gasteiger partial charge is 0.0540 e. The Balaban J connectivity index is 0.969. The van der Waals surface area contributed by atoms with Gasteiger partial charge in [0.25, 0.3) is 0 Å². The maximum absolute atomic E-state index is 2.50. The second-order valence-electron chi connectivity index (χ2n) is 20.1. The quantitative estimate of drug-likeness (QED) is 0.140. The number of benzene rings is 9. The first-order chi connectivity index (χ1) is 31.9. The van der Waals surface area contributed by atoms with Gasteiger partial charge >= 0.3 is 0 Å². The van der Waals surface area contributed by atoms with Crippen LogP contribution in [-0.4, -0.2) is 0 Å². The van der Waals surface area contributed by atoms with Gasteiger partial charge in [0.05, 0.1) is 5.69 Å². The molecule has 0 radical (unpaired) electrons. The summed E-state index contributed by atoms with van der Waals surface area (Å²) < 4.78 is 0. The summed E-state index contributed by atoms with van der Waals surface area (Å²) in [5.41, 5.74) is 17.6. The predicted octanol–water partition coefficient (Wildman–Crippen LogP) is 17.9. The molecular weight excluding hydrogens is 783 g/mol. The minimum atomic E-state index is -0.127. The summed E-state index contributed by atoms with van der Waals surface area (Å²) in [6.45, 7) is 4.76. The molecule has 0 aromatic heterocycles. The van der Waals surface area contributed by atoms with Gasteiger partial charge in [0.15, 0.2) is 0 Å². The predicted molar refractivity (Wildman–Crippen MR) is 277 cm³/mol. The van der Waals surface area contributed by atoms with Crippen LogP contribution in [0.3, 0.4) is 0 Å². The number of anilines is 3. The molecular formula is C64H57N. The largest absolute Gasteiger partial charge is 0.310 e. The number of aryl methyl sites for hydroxylation is 1. The van der Waals surface area contributed by atoms with E-state index >= 15 is 0 Å². The fraction of sp³-hybridized carbons (Fsp3) is 0.219. The number of hydrogen-bond donors (Lipinski definition) is 0. The standard InChI is InChI=1S/C64H57N/c1-64(2)61-20-8-7-18-58(61)59-35-34-55(42-62(59)64)65(54-32-29-50(30-33-54)57-19-10-16-49-14-5-6-17-56(49)57)63-36-31-52(41-60(63)53-28-27-47-13-3-4-15-51(47)40-53)48-25-23-43(24-26-48)21-22-46-38-44-11-9-12-45(37-44)39-46/h3-8,10,13-20,23-36,40-42,44-46H,9,11-12,21-22,37-39H2,1-2H3. The minimum absolute atomic E-state index is 0.127. The lowest BCUT2D eigenvalue weighted by atomic mass is 9.67. The van der Waals surface area contributed by atoms with Crippen LogP contribution in [0.1, 0.15) is 75.5 Å². The molecule has 0 heterocycles. The van der Waals surface area contributed by atoms with Crippen molar-refractivity contribution in [3.05, 3.63) is 211 Å². The van der Waals surface area contributed by atoms with Gasteiger partial charge in [-0.3, -0.25) is 0 Å². The number of hydrogen-bond acceptors (Lipinski definition) is 1. The van der Waals surface area contributed by atoms with Crippen molar-refractivity contribution in [3.63, 3.8) is 0 Å². The fourth-order valence-corrected chi connectivity index (χ4v) is 12.4. The SMILES string of the molecule is CC1(C)c2ccccc2-c2ccc(N(c3ccc(-c4cccc5ccccc45)cc3)c3ccc(-c4ccc(CCC5CC6CCCC(C6)C5)cc4)cc3-c3ccc4ccccc4c3)cc21. The maximum Gasteiger partial charge on any atom is 0.0540 e. The molecule has 0 N–H and O–H groups in total. The molecule has 2 bridgehead atoms. The third kappa shape index (κ3) is 7.36. The van der Waals surface area contributed by atoms with Crippen molar-refractivity contribution in [3.8, 4) is 44.5 Å². The van der Waals surface area contributed by atoms with Crippen LogP contribution in [0.15, 0.2) is 194 Å². The molecule has 12 rings (SSSR count). The Hall–Kier alpha value is -6.70. The summed E-state index contributed by atoms with van der Waals surface area (Å²) in [6.07, 6.45) is 11.3. The molecule has 2 unspecified atom stereocenters. The summed E-state index contributed by atoms with van der Waals surface area (Å²) in [6, 6.07) is 73.1. The van der Waals surface area contributed by atoms with Crippen molar-refractivity contribution in [2.45, 2.75) is 70.6 Å². The van der Waals surface area contributed by atoms with Gasteiger partial charge in [0, 0.05) is 22.4 Å². The highest BCUT2D eigenvalue weighted by molar-refractivity contribution is 5.98. The zero-order valence-electron chi connectivity index (χ0n) is 37.8. The first kappa shape index (κ1) is 39.9. The average Bonchev–Trinajstić information content (AvgIpc) is 3.58. The second-order valence-corrected chi connectivity index (χ2v) is 20.1. The van der Waals surface area contributed by atoms with Crippen molar-refractivity contribution >= 4 is 38.6 Å². The molecule has 0 spiro atoms. The molecule has 0 amide bonds. The van der Waals surface area contributed by atoms with Crippen LogP contribution in [0, 0.1) is 17.8 Å². The highest BCUT2D eigenvalue weighted by Crippen LogP contribution is 2.52. The van der Waals surface area contributed by atoms with Crippen LogP contribution in [0.2, 0.25) is 0 Å². The Morgan fingerprint density at radius 2 is 1.09 bits per heavy atom. The molecule has 9 aromatic rings. The highest BCUT2D eigenvalue weighted by Gasteiger charge is 2.36. The summed E-state index contributed by atoms with van der Waals surface area (Å²) in [4.78, 5) is 2.50. The Labute approximate surface area is 385 Å². The van der Waals surface area contributed by atoms with Crippen molar-refractivity contribution in [2.75, 3.05) is 4.90 Å². The van der Waals surface area contributed by atoms with Crippen LogP contribution in [0.5, 0.6) is 0 Å². The molecule has 3 aliphatic rings. The molecule has 65 heavy (non-hydrogen) atoms. The number of nitrogens with zero attached hydrogens (tertiary/aromatic N) is 1. The molecule has 318 valence electrons. The topological polar surface area (TPSA) is 3.24 Å². The molecule has 0 saturated heterocycles. The molecule has 2 saturated carbocycles. The lowest BCUT2D eigenvalue weighted by Crippen LogP contribution is -2.27. The molecule has 9 aromatic carbocycles. The lowest BCUT2D eigenvalue weighted by molar-refractivity contribution is 0.132. The van der Waals surface area contributed by atoms with E-state index in [4.69, 9.17) is 0 Å². The van der Waals surface area contributed by atoms with Crippen LogP contribution in [0.25, 0.3) is 66.1 Å². The van der Waals surface area contributed by atoms with E-state index in [1.165, 1.54) is 134 Å². The Kier molecular flexibility index (Phi) is 10.0. The van der Waals surface area contributed by atoms with Gasteiger partial charge in [-0.1, -0.05) is 185 Å². The number of rotatable bonds is 9. The summed E-state index contributed by atoms with van der Waals surface area (Å²) in [5, 5.41) is 5.03. The first-order valence-electron chi connectivity index (χ1n) is 24.3.